The molecule has 0 aromatic rings. The predicted octanol–water partition coefficient (Wildman–Crippen LogP) is -0.115. The van der Waals surface area contributed by atoms with Gasteiger partial charge in [0.15, 0.2) is 25.0 Å². The molecular weight excluding hydrogens is 881 g/mol. The summed E-state index contributed by atoms with van der Waals surface area (Å²) in [6, 6.07) is 0. The highest BCUT2D eigenvalue weighted by Gasteiger charge is 2.70. The molecule has 7 fully saturated rings. The van der Waals surface area contributed by atoms with Crippen molar-refractivity contribution in [3.8, 4) is 0 Å². The average Bonchev–Trinajstić information content (AvgIpc) is 3.27. The third-order valence-electron chi connectivity index (χ3n) is 19.3. The fourth-order valence-corrected chi connectivity index (χ4v) is 14.9. The highest BCUT2D eigenvalue weighted by Crippen LogP contribution is 2.75. The quantitative estimate of drug-likeness (QED) is 0.101. The highest BCUT2D eigenvalue weighted by atomic mass is 16.8. The van der Waals surface area contributed by atoms with Gasteiger partial charge in [-0.15, -0.1) is 0 Å². The molecule has 0 radical (unpaired) electrons. The number of carbonyl (C=O) groups excluding carboxylic acids is 1. The predicted molar refractivity (Wildman–Crippen MR) is 231 cm³/mol. The monoisotopic (exact) mass is 956 g/mol. The van der Waals surface area contributed by atoms with E-state index in [9.17, 15) is 65.8 Å². The minimum Gasteiger partial charge on any atom is -0.479 e. The van der Waals surface area contributed by atoms with Crippen LogP contribution in [0.5, 0.6) is 0 Å². The Morgan fingerprint density at radius 3 is 1.87 bits per heavy atom. The van der Waals surface area contributed by atoms with Gasteiger partial charge in [-0.2, -0.15) is 0 Å². The molecule has 382 valence electrons. The summed E-state index contributed by atoms with van der Waals surface area (Å²) >= 11 is 0. The van der Waals surface area contributed by atoms with Gasteiger partial charge in [0.25, 0.3) is 0 Å². The summed E-state index contributed by atoms with van der Waals surface area (Å²) in [5, 5.41) is 118. The molecule has 24 atom stereocenters. The van der Waals surface area contributed by atoms with E-state index >= 15 is 0 Å². The first kappa shape index (κ1) is 51.6. The Morgan fingerprint density at radius 1 is 0.672 bits per heavy atom. The van der Waals surface area contributed by atoms with Crippen molar-refractivity contribution in [3.63, 3.8) is 0 Å². The number of ketones is 1. The number of aliphatic hydroxyl groups is 10. The van der Waals surface area contributed by atoms with E-state index in [1.165, 1.54) is 5.57 Å². The van der Waals surface area contributed by atoms with Crippen LogP contribution in [0.1, 0.15) is 106 Å². The second-order valence-corrected chi connectivity index (χ2v) is 23.4. The summed E-state index contributed by atoms with van der Waals surface area (Å²) < 4.78 is 35.9. The molecule has 3 heterocycles. The molecule has 11 N–H and O–H groups in total. The van der Waals surface area contributed by atoms with Crippen LogP contribution >= 0.6 is 0 Å². The Bertz CT molecular complexity index is 1880. The molecule has 3 saturated heterocycles. The number of carbonyl (C=O) groups is 2. The van der Waals surface area contributed by atoms with Gasteiger partial charge >= 0.3 is 5.97 Å². The lowest BCUT2D eigenvalue weighted by Crippen LogP contribution is -2.68. The number of aliphatic hydroxyl groups excluding tert-OH is 10. The Hall–Kier alpha value is -1.76. The largest absolute Gasteiger partial charge is 0.479 e. The minimum absolute atomic E-state index is 0.0909. The van der Waals surface area contributed by atoms with E-state index in [-0.39, 0.29) is 51.4 Å². The first-order valence-corrected chi connectivity index (χ1v) is 24.3. The Balaban J connectivity index is 1.08. The van der Waals surface area contributed by atoms with Crippen molar-refractivity contribution in [2.24, 2.45) is 50.2 Å². The summed E-state index contributed by atoms with van der Waals surface area (Å²) in [5.74, 6) is -0.996. The van der Waals surface area contributed by atoms with Crippen molar-refractivity contribution >= 4 is 11.8 Å². The molecule has 0 aromatic heterocycles. The van der Waals surface area contributed by atoms with Crippen molar-refractivity contribution in [1.82, 2.24) is 0 Å². The van der Waals surface area contributed by atoms with E-state index in [2.05, 4.69) is 47.6 Å². The lowest BCUT2D eigenvalue weighted by atomic mass is 9.33. The lowest BCUT2D eigenvalue weighted by molar-refractivity contribution is -0.397. The first-order chi connectivity index (χ1) is 31.3. The number of hydrogen-bond donors (Lipinski definition) is 11. The van der Waals surface area contributed by atoms with Gasteiger partial charge in [0.05, 0.1) is 25.9 Å². The molecule has 19 nitrogen and oxygen atoms in total. The van der Waals surface area contributed by atoms with E-state index in [1.807, 2.05) is 6.92 Å². The molecule has 8 aliphatic rings. The normalized spacial score (nSPS) is 54.2. The minimum atomic E-state index is -2.10. The third-order valence-corrected chi connectivity index (χ3v) is 19.3. The van der Waals surface area contributed by atoms with Crippen LogP contribution < -0.4 is 0 Å². The smallest absolute Gasteiger partial charge is 0.335 e. The van der Waals surface area contributed by atoms with Gasteiger partial charge < -0.3 is 84.6 Å². The maximum absolute atomic E-state index is 13.8. The molecule has 19 heteroatoms. The van der Waals surface area contributed by atoms with Gasteiger partial charge in [-0.1, -0.05) is 60.1 Å². The molecule has 4 saturated carbocycles. The van der Waals surface area contributed by atoms with Crippen molar-refractivity contribution in [2.75, 3.05) is 19.8 Å². The second-order valence-electron chi connectivity index (χ2n) is 23.4. The average molecular weight is 957 g/mol. The number of allylic oxidation sites excluding steroid dienone is 2. The standard InChI is InChI=1S/C48H76O19/c1-43(2)16-22-21-8-9-26-45(4)12-11-28(46(5,20-51)25(45)10-13-48(26,7)47(21,6)15-14-44(22,3)27(52)17-43)64-42-38(34(58)33(57)36(65-42)39(60)61)67-41-37(32(56)30(54)24(19-50)63-41)66-40-35(59)31(55)29(53)23(18-49)62-40/h8,22-26,28-38,40-42,49-51,53-59H,9-20H2,1-7H3,(H,60,61)/t22-,23+,24+,25+,26-,28-,29+,30-,31-,32-,33-,34-,35+,36-,37+,38+,40-,41-,42+,44+,45-,46+,47+,48+/m0/s1. The Labute approximate surface area is 391 Å². The first-order valence-electron chi connectivity index (χ1n) is 24.3. The zero-order valence-electron chi connectivity index (χ0n) is 39.7. The second kappa shape index (κ2) is 18.1. The molecule has 8 rings (SSSR count). The number of aliphatic carboxylic acids is 1. The van der Waals surface area contributed by atoms with E-state index in [0.717, 1.165) is 38.5 Å². The van der Waals surface area contributed by atoms with Crippen LogP contribution in [-0.2, 0) is 38.0 Å². The van der Waals surface area contributed by atoms with Crippen LogP contribution in [0.2, 0.25) is 0 Å². The number of carboxylic acids is 1. The molecular formula is C48H76O19. The maximum atomic E-state index is 13.8. The number of hydrogen-bond acceptors (Lipinski definition) is 18. The summed E-state index contributed by atoms with van der Waals surface area (Å²) in [4.78, 5) is 26.3. The van der Waals surface area contributed by atoms with E-state index in [1.54, 1.807) is 0 Å². The van der Waals surface area contributed by atoms with Gasteiger partial charge in [0.1, 0.15) is 72.9 Å². The Kier molecular flexibility index (Phi) is 13.9. The lowest BCUT2D eigenvalue weighted by Gasteiger charge is -2.71. The van der Waals surface area contributed by atoms with Gasteiger partial charge in [0.2, 0.25) is 0 Å². The van der Waals surface area contributed by atoms with Gasteiger partial charge in [-0.3, -0.25) is 4.79 Å². The molecule has 0 spiro atoms. The maximum Gasteiger partial charge on any atom is 0.335 e. The number of rotatable bonds is 10. The summed E-state index contributed by atoms with van der Waals surface area (Å²) in [6.45, 7) is 13.7. The Morgan fingerprint density at radius 2 is 1.25 bits per heavy atom. The van der Waals surface area contributed by atoms with Gasteiger partial charge in [-0.25, -0.2) is 4.79 Å². The zero-order chi connectivity index (χ0) is 49.1. The summed E-state index contributed by atoms with van der Waals surface area (Å²) in [7, 11) is 0. The third kappa shape index (κ3) is 8.01. The molecule has 0 bridgehead atoms. The molecule has 67 heavy (non-hydrogen) atoms. The van der Waals surface area contributed by atoms with Crippen molar-refractivity contribution < 1.29 is 94.2 Å². The van der Waals surface area contributed by atoms with E-state index in [4.69, 9.17) is 28.4 Å². The van der Waals surface area contributed by atoms with Crippen LogP contribution in [0.4, 0.5) is 0 Å². The topological polar surface area (TPSA) is 312 Å². The van der Waals surface area contributed by atoms with Crippen molar-refractivity contribution in [2.45, 2.75) is 204 Å². The van der Waals surface area contributed by atoms with Crippen molar-refractivity contribution in [3.05, 3.63) is 11.6 Å². The van der Waals surface area contributed by atoms with Crippen LogP contribution in [0.25, 0.3) is 0 Å². The van der Waals surface area contributed by atoms with Crippen molar-refractivity contribution in [1.29, 1.82) is 0 Å². The van der Waals surface area contributed by atoms with Gasteiger partial charge in [-0.05, 0) is 90.8 Å². The molecule has 5 aliphatic carbocycles. The number of fused-ring (bicyclic) bond motifs is 7. The van der Waals surface area contributed by atoms with Crippen LogP contribution in [0.3, 0.4) is 0 Å². The number of carboxylic acid groups (broad SMARTS) is 1. The van der Waals surface area contributed by atoms with Crippen LogP contribution in [0.15, 0.2) is 11.6 Å². The molecule has 0 amide bonds. The van der Waals surface area contributed by atoms with Gasteiger partial charge in [0, 0.05) is 17.3 Å². The molecule has 0 unspecified atom stereocenters. The van der Waals surface area contributed by atoms with E-state index < -0.39 is 123 Å². The van der Waals surface area contributed by atoms with E-state index in [0.29, 0.717) is 25.0 Å². The highest BCUT2D eigenvalue weighted by molar-refractivity contribution is 5.87. The zero-order valence-corrected chi connectivity index (χ0v) is 39.7. The number of Topliss-reactive ketones (excluding diaryl/α,β-unsaturated/α-hetero) is 1. The summed E-state index contributed by atoms with van der Waals surface area (Å²) in [6.07, 6.45) is -19.5. The molecule has 0 aromatic carbocycles. The molecule has 3 aliphatic heterocycles. The fourth-order valence-electron chi connectivity index (χ4n) is 14.9. The van der Waals surface area contributed by atoms with Crippen LogP contribution in [-0.4, -0.2) is 186 Å². The summed E-state index contributed by atoms with van der Waals surface area (Å²) in [5.41, 5.74) is -0.597. The van der Waals surface area contributed by atoms with Crippen LogP contribution in [0, 0.1) is 50.2 Å². The fraction of sp³-hybridized carbons (Fsp3) is 0.917. The SMILES string of the molecule is CC1(C)CC(=O)[C@]2(C)CC[C@]3(C)C(=CC[C@H]4[C@@]5(C)CC[C@H](O[C@@H]6O[C@H](C(=O)O)[C@@H](O)[C@H](O)[C@H]6O[C@@H]6O[C@H](CO)[C@H](O)[C@H](O)[C@H]6O[C@@H]6O[C@H](CO)[C@@H](O)[C@H](O)[C@H]6O)[C@](C)(CO)[C@@H]5CC[C@]43C)[C@@H]2C1. The number of ether oxygens (including phenoxy) is 6.